The van der Waals surface area contributed by atoms with Crippen LogP contribution in [0.1, 0.15) is 6.92 Å². The van der Waals surface area contributed by atoms with Gasteiger partial charge in [0.1, 0.15) is 0 Å². The van der Waals surface area contributed by atoms with Crippen LogP contribution >= 0.6 is 27.5 Å². The molecule has 8 heteroatoms. The van der Waals surface area contributed by atoms with Gasteiger partial charge in [0, 0.05) is 0 Å². The first kappa shape index (κ1) is 15.3. The van der Waals surface area contributed by atoms with Crippen LogP contribution in [0.3, 0.4) is 0 Å². The topological polar surface area (TPSA) is 52.3 Å². The summed E-state index contributed by atoms with van der Waals surface area (Å²) in [5.41, 5.74) is 4.54. The van der Waals surface area contributed by atoms with E-state index < -0.39 is 16.6 Å². The van der Waals surface area contributed by atoms with Crippen molar-refractivity contribution in [2.24, 2.45) is 5.73 Å². The van der Waals surface area contributed by atoms with Crippen LogP contribution in [-0.2, 0) is 4.74 Å². The van der Waals surface area contributed by atoms with Gasteiger partial charge in [-0.3, -0.25) is 0 Å². The zero-order chi connectivity index (χ0) is 11.1. The van der Waals surface area contributed by atoms with Crippen molar-refractivity contribution in [2.45, 2.75) is 17.4 Å². The molecule has 80 valence electrons. The Kier molecular flexibility index (Phi) is 8.54. The molecule has 13 heavy (non-hydrogen) atoms. The highest BCUT2D eigenvalue weighted by atomic mass is 79.9. The van der Waals surface area contributed by atoms with Gasteiger partial charge in [0.2, 0.25) is 0 Å². The normalized spacial score (nSPS) is 12.5. The highest BCUT2D eigenvalue weighted by molar-refractivity contribution is 9.10. The molecule has 1 unspecified atom stereocenters. The van der Waals surface area contributed by atoms with Gasteiger partial charge in [-0.05, 0) is 6.92 Å². The Balaban J connectivity index is 0. The molecule has 0 heterocycles. The fraction of sp³-hybridized carbons (Fsp3) is 0.800. The molecule has 1 atom stereocenters. The van der Waals surface area contributed by atoms with E-state index in [1.807, 2.05) is 0 Å². The molecule has 0 aromatic heterocycles. The molecule has 0 rings (SSSR count). The molecule has 0 aliphatic rings. The number of carbonyl (C=O) groups excluding carboxylic acids is 1. The molecule has 3 nitrogen and oxygen atoms in total. The van der Waals surface area contributed by atoms with E-state index >= 15 is 0 Å². The molecule has 2 N–H and O–H groups in total. The Bertz CT molecular complexity index is 153. The molecule has 0 radical (unpaired) electrons. The van der Waals surface area contributed by atoms with Gasteiger partial charge in [0.25, 0.3) is 0 Å². The van der Waals surface area contributed by atoms with E-state index in [1.54, 1.807) is 6.92 Å². The Morgan fingerprint density at radius 2 is 2.00 bits per heavy atom. The SMILES string of the molecule is CCOC(N)=O.FC(F)(F)C(Cl)Br. The van der Waals surface area contributed by atoms with Crippen LogP contribution in [0.5, 0.6) is 0 Å². The van der Waals surface area contributed by atoms with E-state index in [2.05, 4.69) is 38.0 Å². The average molecular weight is 286 g/mol. The zero-order valence-corrected chi connectivity index (χ0v) is 8.91. The molecule has 0 saturated carbocycles. The van der Waals surface area contributed by atoms with Gasteiger partial charge in [-0.15, -0.1) is 11.6 Å². The van der Waals surface area contributed by atoms with E-state index in [0.29, 0.717) is 6.61 Å². The summed E-state index contributed by atoms with van der Waals surface area (Å²) in [7, 11) is 0. The number of hydrogen-bond donors (Lipinski definition) is 1. The van der Waals surface area contributed by atoms with E-state index in [0.717, 1.165) is 0 Å². The van der Waals surface area contributed by atoms with E-state index in [4.69, 9.17) is 0 Å². The lowest BCUT2D eigenvalue weighted by Crippen LogP contribution is -2.16. The van der Waals surface area contributed by atoms with Crippen LogP contribution in [0.25, 0.3) is 0 Å². The Morgan fingerprint density at radius 3 is 2.00 bits per heavy atom. The summed E-state index contributed by atoms with van der Waals surface area (Å²) in [5.74, 6) is 0. The minimum Gasteiger partial charge on any atom is -0.450 e. The van der Waals surface area contributed by atoms with Crippen molar-refractivity contribution in [1.82, 2.24) is 0 Å². The predicted molar refractivity (Wildman–Crippen MR) is 45.8 cm³/mol. The summed E-state index contributed by atoms with van der Waals surface area (Å²) >= 11 is 6.68. The highest BCUT2D eigenvalue weighted by Crippen LogP contribution is 2.28. The third-order valence-corrected chi connectivity index (χ3v) is 1.30. The maximum Gasteiger partial charge on any atom is 0.414 e. The van der Waals surface area contributed by atoms with Crippen LogP contribution in [0, 0.1) is 0 Å². The molecular formula is C5H8BrClF3NO2. The summed E-state index contributed by atoms with van der Waals surface area (Å²) in [6.07, 6.45) is -5.03. The number of halogens is 5. The van der Waals surface area contributed by atoms with Crippen LogP contribution in [0.2, 0.25) is 0 Å². The molecule has 0 spiro atoms. The quantitative estimate of drug-likeness (QED) is 0.753. The lowest BCUT2D eigenvalue weighted by Gasteiger charge is -2.03. The average Bonchev–Trinajstić information content (AvgIpc) is 1.85. The van der Waals surface area contributed by atoms with Gasteiger partial charge in [0.15, 0.2) is 4.29 Å². The van der Waals surface area contributed by atoms with Crippen LogP contribution in [-0.4, -0.2) is 23.2 Å². The van der Waals surface area contributed by atoms with Crippen molar-refractivity contribution < 1.29 is 22.7 Å². The lowest BCUT2D eigenvalue weighted by atomic mass is 10.8. The third-order valence-electron chi connectivity index (χ3n) is 0.534. The number of carbonyl (C=O) groups is 1. The maximum atomic E-state index is 11.0. The van der Waals surface area contributed by atoms with Crippen molar-refractivity contribution >= 4 is 33.6 Å². The summed E-state index contributed by atoms with van der Waals surface area (Å²) < 4.78 is 35.3. The minimum atomic E-state index is -4.32. The van der Waals surface area contributed by atoms with Gasteiger partial charge in [-0.1, -0.05) is 15.9 Å². The number of hydrogen-bond acceptors (Lipinski definition) is 2. The fourth-order valence-electron chi connectivity index (χ4n) is 0.142. The van der Waals surface area contributed by atoms with Gasteiger partial charge in [0.05, 0.1) is 6.61 Å². The summed E-state index contributed by atoms with van der Waals surface area (Å²) in [5, 5.41) is 0. The largest absolute Gasteiger partial charge is 0.450 e. The number of amides is 1. The van der Waals surface area contributed by atoms with Crippen LogP contribution < -0.4 is 5.73 Å². The van der Waals surface area contributed by atoms with Crippen molar-refractivity contribution in [2.75, 3.05) is 6.61 Å². The molecule has 1 amide bonds. The van der Waals surface area contributed by atoms with E-state index in [-0.39, 0.29) is 0 Å². The highest BCUT2D eigenvalue weighted by Gasteiger charge is 2.35. The second kappa shape index (κ2) is 7.25. The monoisotopic (exact) mass is 285 g/mol. The van der Waals surface area contributed by atoms with Crippen LogP contribution in [0.15, 0.2) is 0 Å². The molecule has 0 saturated heterocycles. The van der Waals surface area contributed by atoms with Gasteiger partial charge in [-0.2, -0.15) is 13.2 Å². The molecule has 0 aliphatic carbocycles. The first-order valence-electron chi connectivity index (χ1n) is 2.98. The number of primary amides is 1. The molecular weight excluding hydrogens is 278 g/mol. The Morgan fingerprint density at radius 1 is 1.69 bits per heavy atom. The minimum absolute atomic E-state index is 0.356. The number of rotatable bonds is 1. The number of alkyl halides is 5. The second-order valence-corrected chi connectivity index (χ2v) is 3.47. The zero-order valence-electron chi connectivity index (χ0n) is 6.57. The van der Waals surface area contributed by atoms with Crippen molar-refractivity contribution in [3.05, 3.63) is 0 Å². The second-order valence-electron chi connectivity index (χ2n) is 1.59. The summed E-state index contributed by atoms with van der Waals surface area (Å²) in [4.78, 5) is 9.60. The molecule has 0 aliphatic heterocycles. The Hall–Kier alpha value is -0.170. The van der Waals surface area contributed by atoms with E-state index in [1.165, 1.54) is 0 Å². The molecule has 0 aromatic rings. The number of nitrogens with two attached hydrogens (primary N) is 1. The third kappa shape index (κ3) is 14.7. The number of ether oxygens (including phenoxy) is 1. The standard InChI is InChI=1S/C3H7NO2.C2HBrClF3/c1-2-6-3(4)5;3-1(4)2(5,6)7/h2H2,1H3,(H2,4,5);1H. The van der Waals surface area contributed by atoms with Crippen molar-refractivity contribution in [1.29, 1.82) is 0 Å². The van der Waals surface area contributed by atoms with E-state index in [9.17, 15) is 18.0 Å². The van der Waals surface area contributed by atoms with Crippen molar-refractivity contribution in [3.63, 3.8) is 0 Å². The smallest absolute Gasteiger partial charge is 0.414 e. The van der Waals surface area contributed by atoms with Gasteiger partial charge in [-0.25, -0.2) is 4.79 Å². The first-order valence-corrected chi connectivity index (χ1v) is 4.34. The maximum absolute atomic E-state index is 11.0. The summed E-state index contributed by atoms with van der Waals surface area (Å²) in [6.45, 7) is 2.06. The van der Waals surface area contributed by atoms with Crippen LogP contribution in [0.4, 0.5) is 18.0 Å². The Labute approximate surface area is 86.5 Å². The van der Waals surface area contributed by atoms with Gasteiger partial charge >= 0.3 is 12.3 Å². The first-order chi connectivity index (χ1) is 5.71. The lowest BCUT2D eigenvalue weighted by molar-refractivity contribution is -0.112. The molecule has 0 bridgehead atoms. The van der Waals surface area contributed by atoms with Crippen molar-refractivity contribution in [3.8, 4) is 0 Å². The summed E-state index contributed by atoms with van der Waals surface area (Å²) in [6, 6.07) is 0. The molecule has 0 fully saturated rings. The fourth-order valence-corrected chi connectivity index (χ4v) is 0.142. The van der Waals surface area contributed by atoms with Gasteiger partial charge < -0.3 is 10.5 Å². The molecule has 0 aromatic carbocycles. The predicted octanol–water partition coefficient (Wildman–Crippen LogP) is 2.61.